The van der Waals surface area contributed by atoms with E-state index in [4.69, 9.17) is 5.73 Å². The van der Waals surface area contributed by atoms with Crippen molar-refractivity contribution in [2.24, 2.45) is 7.05 Å². The number of imidazole rings is 1. The van der Waals surface area contributed by atoms with Crippen LogP contribution < -0.4 is 16.0 Å². The Morgan fingerprint density at radius 1 is 1.14 bits per heavy atom. The van der Waals surface area contributed by atoms with E-state index in [2.05, 4.69) is 19.7 Å². The number of fused-ring (bicyclic) bond motifs is 1. The monoisotopic (exact) mass is 411 g/mol. The highest BCUT2D eigenvalue weighted by Crippen LogP contribution is 2.30. The third-order valence-electron chi connectivity index (χ3n) is 4.23. The van der Waals surface area contributed by atoms with Crippen LogP contribution in [0.25, 0.3) is 28.2 Å². The number of nitrogen functional groups attached to an aromatic ring is 1. The number of aryl methyl sites for hydroxylation is 1. The zero-order valence-electron chi connectivity index (χ0n) is 15.6. The Hall–Kier alpha value is -3.73. The van der Waals surface area contributed by atoms with E-state index in [1.807, 2.05) is 0 Å². The Balaban J connectivity index is 2.00. The first-order valence-corrected chi connectivity index (χ1v) is 10.4. The first kappa shape index (κ1) is 18.6. The summed E-state index contributed by atoms with van der Waals surface area (Å²) in [6.45, 7) is 0. The lowest BCUT2D eigenvalue weighted by Crippen LogP contribution is -2.15. The van der Waals surface area contributed by atoms with E-state index in [0.29, 0.717) is 33.9 Å². The molecule has 0 aliphatic rings. The van der Waals surface area contributed by atoms with Crippen LogP contribution in [0.2, 0.25) is 0 Å². The molecule has 29 heavy (non-hydrogen) atoms. The molecule has 0 amide bonds. The van der Waals surface area contributed by atoms with Crippen LogP contribution in [-0.4, -0.2) is 38.8 Å². The molecule has 3 heterocycles. The van der Waals surface area contributed by atoms with Crippen molar-refractivity contribution in [1.29, 1.82) is 0 Å². The fourth-order valence-electron chi connectivity index (χ4n) is 3.00. The number of nitrogens with one attached hydrogen (secondary N) is 1. The largest absolute Gasteiger partial charge is 0.382 e. The Labute approximate surface area is 165 Å². The third-order valence-corrected chi connectivity index (χ3v) is 4.83. The first-order chi connectivity index (χ1) is 13.7. The average molecular weight is 411 g/mol. The molecular weight excluding hydrogens is 394 g/mol. The fraction of sp³-hybridized carbons (Fsp3) is 0.111. The van der Waals surface area contributed by atoms with E-state index in [0.717, 1.165) is 6.26 Å². The highest BCUT2D eigenvalue weighted by atomic mass is 32.2. The lowest BCUT2D eigenvalue weighted by Gasteiger charge is -2.11. The summed E-state index contributed by atoms with van der Waals surface area (Å²) in [5.74, 6) is 0.688. The summed E-state index contributed by atoms with van der Waals surface area (Å²) in [6.07, 6.45) is 4.07. The second-order valence-electron chi connectivity index (χ2n) is 6.49. The minimum absolute atomic E-state index is 0.159. The number of sulfonamides is 1. The number of aromatic nitrogens is 5. The van der Waals surface area contributed by atoms with Crippen molar-refractivity contribution in [3.63, 3.8) is 0 Å². The number of pyridine rings is 1. The van der Waals surface area contributed by atoms with Crippen molar-refractivity contribution in [3.8, 4) is 17.1 Å². The van der Waals surface area contributed by atoms with Crippen molar-refractivity contribution >= 4 is 32.7 Å². The average Bonchev–Trinajstić information content (AvgIpc) is 3.04. The maximum absolute atomic E-state index is 11.8. The van der Waals surface area contributed by atoms with Crippen molar-refractivity contribution in [2.45, 2.75) is 0 Å². The third kappa shape index (κ3) is 3.55. The van der Waals surface area contributed by atoms with E-state index in [1.54, 1.807) is 48.1 Å². The molecule has 3 aromatic heterocycles. The van der Waals surface area contributed by atoms with Crippen LogP contribution in [0.5, 0.6) is 0 Å². The molecule has 0 fully saturated rings. The molecule has 0 unspecified atom stereocenters. The Morgan fingerprint density at radius 3 is 2.66 bits per heavy atom. The molecule has 1 aromatic carbocycles. The second-order valence-corrected chi connectivity index (χ2v) is 8.24. The molecule has 4 rings (SSSR count). The van der Waals surface area contributed by atoms with Gasteiger partial charge in [-0.05, 0) is 18.2 Å². The molecule has 0 spiro atoms. The van der Waals surface area contributed by atoms with Gasteiger partial charge in [0, 0.05) is 30.6 Å². The maximum Gasteiger partial charge on any atom is 0.250 e. The predicted octanol–water partition coefficient (Wildman–Crippen LogP) is 1.13. The van der Waals surface area contributed by atoms with Crippen LogP contribution in [0.1, 0.15) is 0 Å². The van der Waals surface area contributed by atoms with Crippen LogP contribution in [0.4, 0.5) is 11.5 Å². The SMILES string of the molecule is Cn1cc(-n2c(-c3cccc(NS(C)(=O)=O)c3)nc3c(N)ncnc32)ccc1=O. The number of benzene rings is 1. The molecule has 11 heteroatoms. The molecule has 10 nitrogen and oxygen atoms in total. The van der Waals surface area contributed by atoms with E-state index in [9.17, 15) is 13.2 Å². The maximum atomic E-state index is 11.8. The van der Waals surface area contributed by atoms with Gasteiger partial charge in [-0.15, -0.1) is 0 Å². The quantitative estimate of drug-likeness (QED) is 0.513. The van der Waals surface area contributed by atoms with E-state index in [-0.39, 0.29) is 11.4 Å². The summed E-state index contributed by atoms with van der Waals surface area (Å²) < 4.78 is 28.8. The van der Waals surface area contributed by atoms with Gasteiger partial charge in [0.1, 0.15) is 12.2 Å². The molecule has 0 saturated heterocycles. The number of rotatable bonds is 4. The van der Waals surface area contributed by atoms with Crippen LogP contribution in [-0.2, 0) is 17.1 Å². The van der Waals surface area contributed by atoms with Gasteiger partial charge in [-0.2, -0.15) is 0 Å². The summed E-state index contributed by atoms with van der Waals surface area (Å²) in [5.41, 5.74) is 8.36. The van der Waals surface area contributed by atoms with Crippen LogP contribution >= 0.6 is 0 Å². The predicted molar refractivity (Wildman–Crippen MR) is 110 cm³/mol. The Bertz CT molecular complexity index is 1410. The van der Waals surface area contributed by atoms with Crippen LogP contribution in [0.3, 0.4) is 0 Å². The van der Waals surface area contributed by atoms with Gasteiger partial charge < -0.3 is 10.3 Å². The van der Waals surface area contributed by atoms with Gasteiger partial charge in [-0.1, -0.05) is 12.1 Å². The lowest BCUT2D eigenvalue weighted by molar-refractivity contribution is 0.607. The molecular formula is C18H17N7O3S. The number of hydrogen-bond acceptors (Lipinski definition) is 7. The minimum Gasteiger partial charge on any atom is -0.382 e. The summed E-state index contributed by atoms with van der Waals surface area (Å²) in [4.78, 5) is 24.7. The molecule has 3 N–H and O–H groups in total. The van der Waals surface area contributed by atoms with Gasteiger partial charge in [0.05, 0.1) is 11.9 Å². The van der Waals surface area contributed by atoms with Gasteiger partial charge >= 0.3 is 0 Å². The minimum atomic E-state index is -3.44. The normalized spacial score (nSPS) is 11.7. The molecule has 0 aliphatic carbocycles. The number of nitrogens with two attached hydrogens (primary N) is 1. The van der Waals surface area contributed by atoms with Gasteiger partial charge in [-0.3, -0.25) is 14.1 Å². The summed E-state index contributed by atoms with van der Waals surface area (Å²) >= 11 is 0. The topological polar surface area (TPSA) is 138 Å². The number of hydrogen-bond donors (Lipinski definition) is 2. The standard InChI is InChI=1S/C18H17N7O3S/c1-24-9-13(6-7-14(24)26)25-17(22-15-16(19)20-10-21-18(15)25)11-4-3-5-12(8-11)23-29(2,27)28/h3-10,23H,1-2H3,(H2,19,20,21). The molecule has 148 valence electrons. The number of nitrogens with zero attached hydrogens (tertiary/aromatic N) is 5. The van der Waals surface area contributed by atoms with Gasteiger partial charge in [-0.25, -0.2) is 23.4 Å². The van der Waals surface area contributed by atoms with Gasteiger partial charge in [0.25, 0.3) is 0 Å². The molecule has 0 aliphatic heterocycles. The van der Waals surface area contributed by atoms with Gasteiger partial charge in [0.2, 0.25) is 15.6 Å². The van der Waals surface area contributed by atoms with Crippen molar-refractivity contribution in [1.82, 2.24) is 24.1 Å². The van der Waals surface area contributed by atoms with E-state index in [1.165, 1.54) is 17.0 Å². The van der Waals surface area contributed by atoms with Gasteiger partial charge in [0.15, 0.2) is 17.0 Å². The summed E-state index contributed by atoms with van der Waals surface area (Å²) in [5, 5.41) is 0. The molecule has 0 radical (unpaired) electrons. The Morgan fingerprint density at radius 2 is 1.93 bits per heavy atom. The summed E-state index contributed by atoms with van der Waals surface area (Å²) in [6, 6.07) is 9.89. The van der Waals surface area contributed by atoms with Crippen molar-refractivity contribution in [3.05, 3.63) is 59.3 Å². The highest BCUT2D eigenvalue weighted by Gasteiger charge is 2.18. The van der Waals surface area contributed by atoms with E-state index >= 15 is 0 Å². The van der Waals surface area contributed by atoms with E-state index < -0.39 is 10.0 Å². The highest BCUT2D eigenvalue weighted by molar-refractivity contribution is 7.92. The smallest absolute Gasteiger partial charge is 0.250 e. The molecule has 0 saturated carbocycles. The molecule has 0 atom stereocenters. The van der Waals surface area contributed by atoms with Crippen molar-refractivity contribution in [2.75, 3.05) is 16.7 Å². The number of anilines is 2. The first-order valence-electron chi connectivity index (χ1n) is 8.47. The zero-order chi connectivity index (χ0) is 20.8. The van der Waals surface area contributed by atoms with Crippen LogP contribution in [0, 0.1) is 0 Å². The summed E-state index contributed by atoms with van der Waals surface area (Å²) in [7, 11) is -1.79. The molecule has 4 aromatic rings. The zero-order valence-corrected chi connectivity index (χ0v) is 16.4. The van der Waals surface area contributed by atoms with Crippen LogP contribution in [0.15, 0.2) is 53.7 Å². The molecule has 0 bridgehead atoms. The fourth-order valence-corrected chi connectivity index (χ4v) is 3.55. The second kappa shape index (κ2) is 6.71. The lowest BCUT2D eigenvalue weighted by atomic mass is 10.2. The Kier molecular flexibility index (Phi) is 4.31. The van der Waals surface area contributed by atoms with Crippen molar-refractivity contribution < 1.29 is 8.42 Å².